The summed E-state index contributed by atoms with van der Waals surface area (Å²) in [5, 5.41) is 9.68. The number of nitrogens with two attached hydrogens (primary N) is 1. The van der Waals surface area contributed by atoms with Crippen LogP contribution in [0.5, 0.6) is 5.75 Å². The molecule has 1 aromatic rings. The number of hydrogen-bond donors (Lipinski definition) is 2. The molecule has 1 amide bonds. The number of carbonyl (C=O) groups excluding carboxylic acids is 1. The van der Waals surface area contributed by atoms with Crippen LogP contribution in [0, 0.1) is 6.92 Å². The third-order valence-corrected chi connectivity index (χ3v) is 3.39. The Hall–Kier alpha value is -1.55. The number of phenolic OH excluding ortho intramolecular Hbond substituents is 1. The summed E-state index contributed by atoms with van der Waals surface area (Å²) in [6.07, 6.45) is 0.858. The lowest BCUT2D eigenvalue weighted by Gasteiger charge is -2.47. The summed E-state index contributed by atoms with van der Waals surface area (Å²) in [6, 6.07) is 5.04. The average molecular weight is 234 g/mol. The predicted octanol–water partition coefficient (Wildman–Crippen LogP) is 1.26. The van der Waals surface area contributed by atoms with Crippen molar-refractivity contribution >= 4 is 5.91 Å². The highest BCUT2D eigenvalue weighted by Crippen LogP contribution is 2.27. The topological polar surface area (TPSA) is 66.6 Å². The Morgan fingerprint density at radius 2 is 2.18 bits per heavy atom. The Kier molecular flexibility index (Phi) is 2.83. The monoisotopic (exact) mass is 234 g/mol. The molecule has 0 aliphatic carbocycles. The first-order valence-corrected chi connectivity index (χ1v) is 5.83. The van der Waals surface area contributed by atoms with Gasteiger partial charge in [0.2, 0.25) is 0 Å². The molecule has 4 nitrogen and oxygen atoms in total. The van der Waals surface area contributed by atoms with Crippen LogP contribution in [-0.4, -0.2) is 34.5 Å². The van der Waals surface area contributed by atoms with Crippen LogP contribution in [-0.2, 0) is 0 Å². The zero-order valence-electron chi connectivity index (χ0n) is 10.2. The largest absolute Gasteiger partial charge is 0.507 e. The highest BCUT2D eigenvalue weighted by atomic mass is 16.3. The third kappa shape index (κ3) is 2.13. The van der Waals surface area contributed by atoms with E-state index in [4.69, 9.17) is 5.73 Å². The molecule has 1 fully saturated rings. The second kappa shape index (κ2) is 4.04. The minimum absolute atomic E-state index is 0.0339. The first-order chi connectivity index (χ1) is 7.95. The van der Waals surface area contributed by atoms with E-state index in [1.165, 1.54) is 0 Å². The van der Waals surface area contributed by atoms with E-state index in [1.807, 2.05) is 13.8 Å². The van der Waals surface area contributed by atoms with Gasteiger partial charge in [0, 0.05) is 13.1 Å². The molecule has 0 saturated carbocycles. The SMILES string of the molecule is CCC1(N)CN(C(=O)c2cc(C)ccc2O)C1. The number of aryl methyl sites for hydroxylation is 1. The molecule has 1 aliphatic heterocycles. The maximum absolute atomic E-state index is 12.1. The Morgan fingerprint density at radius 1 is 1.53 bits per heavy atom. The van der Waals surface area contributed by atoms with Crippen molar-refractivity contribution in [3.8, 4) is 5.75 Å². The van der Waals surface area contributed by atoms with E-state index >= 15 is 0 Å². The van der Waals surface area contributed by atoms with Crippen LogP contribution in [0.15, 0.2) is 18.2 Å². The van der Waals surface area contributed by atoms with Crippen molar-refractivity contribution in [2.45, 2.75) is 25.8 Å². The van der Waals surface area contributed by atoms with Gasteiger partial charge in [-0.2, -0.15) is 0 Å². The zero-order valence-corrected chi connectivity index (χ0v) is 10.2. The number of benzene rings is 1. The van der Waals surface area contributed by atoms with Crippen LogP contribution < -0.4 is 5.73 Å². The molecule has 92 valence electrons. The van der Waals surface area contributed by atoms with E-state index in [-0.39, 0.29) is 17.2 Å². The summed E-state index contributed by atoms with van der Waals surface area (Å²) in [5.41, 5.74) is 7.10. The van der Waals surface area contributed by atoms with Gasteiger partial charge in [-0.05, 0) is 25.5 Å². The Balaban J connectivity index is 2.14. The van der Waals surface area contributed by atoms with Crippen molar-refractivity contribution in [1.82, 2.24) is 4.90 Å². The van der Waals surface area contributed by atoms with Crippen molar-refractivity contribution in [2.75, 3.05) is 13.1 Å². The van der Waals surface area contributed by atoms with E-state index in [9.17, 15) is 9.90 Å². The summed E-state index contributed by atoms with van der Waals surface area (Å²) in [7, 11) is 0. The normalized spacial score (nSPS) is 17.7. The number of aromatic hydroxyl groups is 1. The van der Waals surface area contributed by atoms with Crippen molar-refractivity contribution in [1.29, 1.82) is 0 Å². The molecular formula is C13H18N2O2. The van der Waals surface area contributed by atoms with Gasteiger partial charge >= 0.3 is 0 Å². The fraction of sp³-hybridized carbons (Fsp3) is 0.462. The van der Waals surface area contributed by atoms with Crippen molar-refractivity contribution in [2.24, 2.45) is 5.73 Å². The number of carbonyl (C=O) groups is 1. The molecule has 0 aromatic heterocycles. The van der Waals surface area contributed by atoms with Gasteiger partial charge in [0.05, 0.1) is 11.1 Å². The molecule has 1 saturated heterocycles. The summed E-state index contributed by atoms with van der Waals surface area (Å²) in [4.78, 5) is 13.8. The number of phenols is 1. The number of rotatable bonds is 2. The Morgan fingerprint density at radius 3 is 2.76 bits per heavy atom. The fourth-order valence-electron chi connectivity index (χ4n) is 2.07. The molecule has 0 unspecified atom stereocenters. The van der Waals surface area contributed by atoms with Gasteiger partial charge in [0.1, 0.15) is 5.75 Å². The first kappa shape index (κ1) is 11.9. The van der Waals surface area contributed by atoms with Crippen molar-refractivity contribution in [3.63, 3.8) is 0 Å². The molecule has 1 heterocycles. The second-order valence-corrected chi connectivity index (χ2v) is 4.90. The van der Waals surface area contributed by atoms with Gasteiger partial charge in [-0.25, -0.2) is 0 Å². The summed E-state index contributed by atoms with van der Waals surface area (Å²) < 4.78 is 0. The Labute approximate surface area is 101 Å². The third-order valence-electron chi connectivity index (χ3n) is 3.39. The van der Waals surface area contributed by atoms with Gasteiger partial charge in [0.25, 0.3) is 5.91 Å². The van der Waals surface area contributed by atoms with Gasteiger partial charge in [-0.15, -0.1) is 0 Å². The summed E-state index contributed by atoms with van der Waals surface area (Å²) in [6.45, 7) is 5.04. The van der Waals surface area contributed by atoms with Crippen LogP contribution in [0.25, 0.3) is 0 Å². The van der Waals surface area contributed by atoms with Crippen molar-refractivity contribution < 1.29 is 9.90 Å². The first-order valence-electron chi connectivity index (χ1n) is 5.83. The maximum atomic E-state index is 12.1. The lowest BCUT2D eigenvalue weighted by molar-refractivity contribution is 0.0398. The van der Waals surface area contributed by atoms with E-state index in [1.54, 1.807) is 23.1 Å². The zero-order chi connectivity index (χ0) is 12.6. The standard InChI is InChI=1S/C13H18N2O2/c1-3-13(14)7-15(8-13)12(17)10-6-9(2)4-5-11(10)16/h4-6,16H,3,7-8,14H2,1-2H3. The second-order valence-electron chi connectivity index (χ2n) is 4.90. The van der Waals surface area contributed by atoms with Gasteiger partial charge < -0.3 is 15.7 Å². The molecule has 0 radical (unpaired) electrons. The minimum Gasteiger partial charge on any atom is -0.507 e. The molecular weight excluding hydrogens is 216 g/mol. The molecule has 0 spiro atoms. The minimum atomic E-state index is -0.241. The number of amides is 1. The van der Waals surface area contributed by atoms with Crippen LogP contribution >= 0.6 is 0 Å². The molecule has 2 rings (SSSR count). The molecule has 4 heteroatoms. The van der Waals surface area contributed by atoms with E-state index in [0.29, 0.717) is 18.7 Å². The van der Waals surface area contributed by atoms with Crippen LogP contribution in [0.3, 0.4) is 0 Å². The number of hydrogen-bond acceptors (Lipinski definition) is 3. The fourth-order valence-corrected chi connectivity index (χ4v) is 2.07. The highest BCUT2D eigenvalue weighted by molar-refractivity contribution is 5.97. The highest BCUT2D eigenvalue weighted by Gasteiger charge is 2.41. The van der Waals surface area contributed by atoms with E-state index < -0.39 is 0 Å². The van der Waals surface area contributed by atoms with Crippen LogP contribution in [0.1, 0.15) is 29.3 Å². The lowest BCUT2D eigenvalue weighted by atomic mass is 9.87. The number of likely N-dealkylation sites (tertiary alicyclic amines) is 1. The molecule has 0 bridgehead atoms. The van der Waals surface area contributed by atoms with E-state index in [0.717, 1.165) is 12.0 Å². The average Bonchev–Trinajstić information content (AvgIpc) is 2.27. The predicted molar refractivity (Wildman–Crippen MR) is 66.0 cm³/mol. The van der Waals surface area contributed by atoms with Crippen LogP contribution in [0.2, 0.25) is 0 Å². The van der Waals surface area contributed by atoms with E-state index in [2.05, 4.69) is 0 Å². The Bertz CT molecular complexity index is 451. The van der Waals surface area contributed by atoms with Gasteiger partial charge in [0.15, 0.2) is 0 Å². The van der Waals surface area contributed by atoms with Gasteiger partial charge in [-0.1, -0.05) is 18.6 Å². The summed E-state index contributed by atoms with van der Waals surface area (Å²) in [5.74, 6) is -0.104. The van der Waals surface area contributed by atoms with Crippen molar-refractivity contribution in [3.05, 3.63) is 29.3 Å². The molecule has 1 aromatic carbocycles. The summed E-state index contributed by atoms with van der Waals surface area (Å²) >= 11 is 0. The molecule has 17 heavy (non-hydrogen) atoms. The smallest absolute Gasteiger partial charge is 0.257 e. The molecule has 3 N–H and O–H groups in total. The molecule has 0 atom stereocenters. The molecule has 1 aliphatic rings. The maximum Gasteiger partial charge on any atom is 0.257 e. The lowest BCUT2D eigenvalue weighted by Crippen LogP contribution is -2.68. The number of nitrogens with zero attached hydrogens (tertiary/aromatic N) is 1. The van der Waals surface area contributed by atoms with Gasteiger partial charge in [-0.3, -0.25) is 4.79 Å². The van der Waals surface area contributed by atoms with Crippen LogP contribution in [0.4, 0.5) is 0 Å². The quantitative estimate of drug-likeness (QED) is 0.809.